The van der Waals surface area contributed by atoms with E-state index in [1.54, 1.807) is 12.4 Å². The molecule has 2 fully saturated rings. The monoisotopic (exact) mass is 404 g/mol. The van der Waals surface area contributed by atoms with Crippen molar-refractivity contribution in [3.05, 3.63) is 18.2 Å². The summed E-state index contributed by atoms with van der Waals surface area (Å²) in [6, 6.07) is 2.39. The summed E-state index contributed by atoms with van der Waals surface area (Å²) in [5, 5.41) is 9.32. The first-order valence-corrected chi connectivity index (χ1v) is 11.1. The average molecular weight is 404 g/mol. The molecule has 0 aromatic carbocycles. The number of hydrogen-bond acceptors (Lipinski definition) is 7. The van der Waals surface area contributed by atoms with Crippen LogP contribution in [0.2, 0.25) is 0 Å². The highest BCUT2D eigenvalue weighted by atomic mass is 32.2. The topological polar surface area (TPSA) is 80.1 Å². The van der Waals surface area contributed by atoms with E-state index in [1.165, 1.54) is 18.4 Å². The van der Waals surface area contributed by atoms with E-state index in [0.717, 1.165) is 11.3 Å². The molecule has 1 aliphatic heterocycles. The molecule has 2 heterocycles. The molecule has 0 spiro atoms. The van der Waals surface area contributed by atoms with Gasteiger partial charge in [0.2, 0.25) is 0 Å². The van der Waals surface area contributed by atoms with E-state index >= 15 is 0 Å². The van der Waals surface area contributed by atoms with Gasteiger partial charge in [0.1, 0.15) is 5.82 Å². The SMILES string of the molecule is CCC.CSNC1(c2ncc(B3OC(C)(C)C(C)(C)O3)cn2)CC(C)(C#N)C1. The highest BCUT2D eigenvalue weighted by Crippen LogP contribution is 2.53. The smallest absolute Gasteiger partial charge is 0.399 e. The van der Waals surface area contributed by atoms with E-state index in [9.17, 15) is 5.26 Å². The number of nitriles is 1. The number of rotatable bonds is 4. The summed E-state index contributed by atoms with van der Waals surface area (Å²) in [6.07, 6.45) is 8.18. The fourth-order valence-electron chi connectivity index (χ4n) is 3.52. The highest BCUT2D eigenvalue weighted by Gasteiger charge is 2.56. The summed E-state index contributed by atoms with van der Waals surface area (Å²) in [5.41, 5.74) is -0.639. The van der Waals surface area contributed by atoms with Gasteiger partial charge in [0.25, 0.3) is 0 Å². The number of aromatic nitrogens is 2. The Morgan fingerprint density at radius 3 is 1.96 bits per heavy atom. The van der Waals surface area contributed by atoms with Crippen LogP contribution < -0.4 is 10.2 Å². The van der Waals surface area contributed by atoms with Crippen LogP contribution in [0.25, 0.3) is 0 Å². The predicted molar refractivity (Wildman–Crippen MR) is 115 cm³/mol. The van der Waals surface area contributed by atoms with Gasteiger partial charge in [-0.15, -0.1) is 0 Å². The fourth-order valence-corrected chi connectivity index (χ4v) is 4.14. The molecule has 0 atom stereocenters. The molecule has 1 aromatic rings. The normalized spacial score (nSPS) is 30.0. The summed E-state index contributed by atoms with van der Waals surface area (Å²) >= 11 is 1.53. The fraction of sp³-hybridized carbons (Fsp3) is 0.750. The van der Waals surface area contributed by atoms with Crippen LogP contribution in [0.5, 0.6) is 0 Å². The van der Waals surface area contributed by atoms with Crippen molar-refractivity contribution in [3.63, 3.8) is 0 Å². The van der Waals surface area contributed by atoms with Gasteiger partial charge in [-0.25, -0.2) is 9.97 Å². The van der Waals surface area contributed by atoms with Gasteiger partial charge in [-0.1, -0.05) is 32.2 Å². The number of hydrogen-bond donors (Lipinski definition) is 1. The zero-order valence-electron chi connectivity index (χ0n) is 18.4. The molecule has 1 N–H and O–H groups in total. The van der Waals surface area contributed by atoms with Crippen molar-refractivity contribution in [1.82, 2.24) is 14.7 Å². The standard InChI is InChI=1S/C17H25BN4O2S.C3H8/c1-14(2)15(3,4)24-18(23-14)12-7-20-13(21-8-12)17(22-25-6)9-16(5,10-17)11-19;1-3-2/h7-8,22H,9-10H2,1-6H3;3H2,1-2H3. The van der Waals surface area contributed by atoms with Gasteiger partial charge < -0.3 is 9.31 Å². The van der Waals surface area contributed by atoms with E-state index in [4.69, 9.17) is 9.31 Å². The molecule has 0 unspecified atom stereocenters. The maximum absolute atomic E-state index is 9.32. The highest BCUT2D eigenvalue weighted by molar-refractivity contribution is 7.96. The summed E-state index contributed by atoms with van der Waals surface area (Å²) in [6.45, 7) is 14.3. The molecule has 8 heteroatoms. The zero-order valence-corrected chi connectivity index (χ0v) is 19.2. The molecule has 1 saturated carbocycles. The second-order valence-electron chi connectivity index (χ2n) is 9.05. The van der Waals surface area contributed by atoms with Crippen LogP contribution in [0.4, 0.5) is 0 Å². The molecule has 0 amide bonds. The Morgan fingerprint density at radius 2 is 1.57 bits per heavy atom. The van der Waals surface area contributed by atoms with Gasteiger partial charge in [0, 0.05) is 17.9 Å². The van der Waals surface area contributed by atoms with Crippen molar-refractivity contribution < 1.29 is 9.31 Å². The minimum Gasteiger partial charge on any atom is -0.399 e. The quantitative estimate of drug-likeness (QED) is 0.607. The Hall–Kier alpha value is -1.14. The molecule has 2 aliphatic rings. The van der Waals surface area contributed by atoms with Crippen LogP contribution >= 0.6 is 11.9 Å². The third-order valence-electron chi connectivity index (χ3n) is 5.58. The van der Waals surface area contributed by atoms with Gasteiger partial charge >= 0.3 is 7.12 Å². The minimum atomic E-state index is -0.464. The largest absolute Gasteiger partial charge is 0.498 e. The van der Waals surface area contributed by atoms with Crippen molar-refractivity contribution in [3.8, 4) is 6.07 Å². The van der Waals surface area contributed by atoms with Crippen molar-refractivity contribution in [2.24, 2.45) is 5.41 Å². The minimum absolute atomic E-state index is 0.323. The van der Waals surface area contributed by atoms with Crippen molar-refractivity contribution in [2.75, 3.05) is 6.26 Å². The predicted octanol–water partition coefficient (Wildman–Crippen LogP) is 3.58. The van der Waals surface area contributed by atoms with Crippen molar-refractivity contribution in [1.29, 1.82) is 5.26 Å². The van der Waals surface area contributed by atoms with Gasteiger partial charge in [0.05, 0.1) is 28.2 Å². The molecule has 1 aliphatic carbocycles. The molecule has 28 heavy (non-hydrogen) atoms. The van der Waals surface area contributed by atoms with Crippen LogP contribution in [0.1, 0.15) is 73.6 Å². The lowest BCUT2D eigenvalue weighted by molar-refractivity contribution is 0.00578. The molecule has 1 saturated heterocycles. The van der Waals surface area contributed by atoms with Gasteiger partial charge in [-0.05, 0) is 53.7 Å². The lowest BCUT2D eigenvalue weighted by Gasteiger charge is -2.49. The Morgan fingerprint density at radius 1 is 1.11 bits per heavy atom. The van der Waals surface area contributed by atoms with Crippen LogP contribution in [0.3, 0.4) is 0 Å². The number of nitrogens with one attached hydrogen (secondary N) is 1. The zero-order chi connectivity index (χ0) is 21.2. The Kier molecular flexibility index (Phi) is 6.87. The van der Waals surface area contributed by atoms with E-state index < -0.39 is 7.12 Å². The maximum Gasteiger partial charge on any atom is 0.498 e. The lowest BCUT2D eigenvalue weighted by atomic mass is 9.59. The lowest BCUT2D eigenvalue weighted by Crippen LogP contribution is -2.55. The summed E-state index contributed by atoms with van der Waals surface area (Å²) in [5.74, 6) is 0.717. The third-order valence-corrected chi connectivity index (χ3v) is 6.17. The van der Waals surface area contributed by atoms with Crippen molar-refractivity contribution >= 4 is 24.5 Å². The average Bonchev–Trinajstić information content (AvgIpc) is 2.82. The second kappa shape index (κ2) is 8.31. The molecular weight excluding hydrogens is 371 g/mol. The van der Waals surface area contributed by atoms with Gasteiger partial charge in [0.15, 0.2) is 0 Å². The Bertz CT molecular complexity index is 696. The second-order valence-corrected chi connectivity index (χ2v) is 9.66. The van der Waals surface area contributed by atoms with E-state index in [0.29, 0.717) is 12.8 Å². The Balaban J connectivity index is 0.000000878. The molecule has 0 radical (unpaired) electrons. The van der Waals surface area contributed by atoms with E-state index in [2.05, 4.69) is 34.6 Å². The van der Waals surface area contributed by atoms with Crippen molar-refractivity contribution in [2.45, 2.75) is 84.5 Å². The molecule has 1 aromatic heterocycles. The first-order chi connectivity index (χ1) is 13.0. The van der Waals surface area contributed by atoms with Crippen LogP contribution in [-0.4, -0.2) is 34.5 Å². The van der Waals surface area contributed by atoms with Gasteiger partial charge in [-0.3, -0.25) is 4.72 Å². The summed E-state index contributed by atoms with van der Waals surface area (Å²) < 4.78 is 15.5. The molecular formula is C20H33BN4O2S. The maximum atomic E-state index is 9.32. The van der Waals surface area contributed by atoms with E-state index in [1.807, 2.05) is 40.9 Å². The molecule has 6 nitrogen and oxygen atoms in total. The third kappa shape index (κ3) is 4.38. The van der Waals surface area contributed by atoms with E-state index in [-0.39, 0.29) is 22.2 Å². The first-order valence-electron chi connectivity index (χ1n) is 9.87. The summed E-state index contributed by atoms with van der Waals surface area (Å²) in [7, 11) is -0.464. The summed E-state index contributed by atoms with van der Waals surface area (Å²) in [4.78, 5) is 9.15. The molecule has 154 valence electrons. The number of nitrogens with zero attached hydrogens (tertiary/aromatic N) is 3. The van der Waals surface area contributed by atoms with Crippen LogP contribution in [0, 0.1) is 16.7 Å². The van der Waals surface area contributed by atoms with Crippen LogP contribution in [0.15, 0.2) is 12.4 Å². The van der Waals surface area contributed by atoms with Crippen LogP contribution in [-0.2, 0) is 14.8 Å². The van der Waals surface area contributed by atoms with Gasteiger partial charge in [-0.2, -0.15) is 5.26 Å². The molecule has 3 rings (SSSR count). The first kappa shape index (κ1) is 23.1. The Labute approximate surface area is 174 Å². The molecule has 0 bridgehead atoms.